The highest BCUT2D eigenvalue weighted by Crippen LogP contribution is 2.21. The highest BCUT2D eigenvalue weighted by molar-refractivity contribution is 5.97. The van der Waals surface area contributed by atoms with Crippen LogP contribution >= 0.6 is 0 Å². The number of fused-ring (bicyclic) bond motifs is 1. The van der Waals surface area contributed by atoms with Crippen LogP contribution in [0.3, 0.4) is 0 Å². The molecular weight excluding hydrogens is 342 g/mol. The minimum atomic E-state index is -0.579. The summed E-state index contributed by atoms with van der Waals surface area (Å²) in [6.45, 7) is 4.26. The van der Waals surface area contributed by atoms with E-state index in [2.05, 4.69) is 41.4 Å². The Morgan fingerprint density at radius 1 is 1.15 bits per heavy atom. The second-order valence-corrected chi connectivity index (χ2v) is 6.80. The van der Waals surface area contributed by atoms with Gasteiger partial charge in [0.2, 0.25) is 0 Å². The monoisotopic (exact) mass is 367 g/mol. The summed E-state index contributed by atoms with van der Waals surface area (Å²) < 4.78 is 5.34. The standard InChI is InChI=1S/C21H25N3O3/c1-15(24-11-10-16-6-2-3-7-17(16)13-24)12-23-21(26)18-8-4-5-9-19(18)27-14-20(22)25/h2-9,15H,10-14H2,1H3,(H2,22,25)(H,23,26). The zero-order chi connectivity index (χ0) is 19.2. The molecular formula is C21H25N3O3. The summed E-state index contributed by atoms with van der Waals surface area (Å²) in [5, 5.41) is 2.97. The molecule has 2 amide bonds. The van der Waals surface area contributed by atoms with E-state index in [0.29, 0.717) is 17.9 Å². The van der Waals surface area contributed by atoms with Gasteiger partial charge < -0.3 is 15.8 Å². The van der Waals surface area contributed by atoms with Crippen LogP contribution in [0, 0.1) is 0 Å². The molecule has 142 valence electrons. The van der Waals surface area contributed by atoms with Gasteiger partial charge in [0.1, 0.15) is 5.75 Å². The second kappa shape index (κ2) is 8.68. The Bertz CT molecular complexity index is 822. The smallest absolute Gasteiger partial charge is 0.255 e. The molecule has 3 N–H and O–H groups in total. The van der Waals surface area contributed by atoms with Gasteiger partial charge in [-0.1, -0.05) is 36.4 Å². The predicted octanol–water partition coefficient (Wildman–Crippen LogP) is 1.73. The van der Waals surface area contributed by atoms with E-state index >= 15 is 0 Å². The van der Waals surface area contributed by atoms with Crippen LogP contribution in [-0.2, 0) is 17.8 Å². The van der Waals surface area contributed by atoms with E-state index in [9.17, 15) is 9.59 Å². The van der Waals surface area contributed by atoms with Crippen molar-refractivity contribution < 1.29 is 14.3 Å². The largest absolute Gasteiger partial charge is 0.483 e. The van der Waals surface area contributed by atoms with Crippen molar-refractivity contribution in [1.82, 2.24) is 10.2 Å². The summed E-state index contributed by atoms with van der Waals surface area (Å²) in [6.07, 6.45) is 1.03. The quantitative estimate of drug-likeness (QED) is 0.780. The van der Waals surface area contributed by atoms with Crippen LogP contribution in [0.4, 0.5) is 0 Å². The van der Waals surface area contributed by atoms with Crippen molar-refractivity contribution in [2.45, 2.75) is 25.9 Å². The lowest BCUT2D eigenvalue weighted by Crippen LogP contribution is -2.44. The molecule has 1 aliphatic rings. The van der Waals surface area contributed by atoms with E-state index in [0.717, 1.165) is 19.5 Å². The van der Waals surface area contributed by atoms with Gasteiger partial charge in [-0.25, -0.2) is 0 Å². The second-order valence-electron chi connectivity index (χ2n) is 6.80. The maximum atomic E-state index is 12.6. The van der Waals surface area contributed by atoms with Gasteiger partial charge in [0.15, 0.2) is 6.61 Å². The van der Waals surface area contributed by atoms with E-state index in [-0.39, 0.29) is 18.6 Å². The number of nitrogens with zero attached hydrogens (tertiary/aromatic N) is 1. The molecule has 0 saturated carbocycles. The van der Waals surface area contributed by atoms with E-state index < -0.39 is 5.91 Å². The highest BCUT2D eigenvalue weighted by Gasteiger charge is 2.21. The lowest BCUT2D eigenvalue weighted by atomic mass is 9.99. The number of hydrogen-bond acceptors (Lipinski definition) is 4. The van der Waals surface area contributed by atoms with Gasteiger partial charge in [0, 0.05) is 25.7 Å². The van der Waals surface area contributed by atoms with Gasteiger partial charge in [-0.3, -0.25) is 14.5 Å². The molecule has 0 saturated heterocycles. The van der Waals surface area contributed by atoms with Gasteiger partial charge in [0.05, 0.1) is 5.56 Å². The molecule has 0 bridgehead atoms. The van der Waals surface area contributed by atoms with E-state index in [1.165, 1.54) is 11.1 Å². The fourth-order valence-electron chi connectivity index (χ4n) is 3.29. The molecule has 6 heteroatoms. The fourth-order valence-corrected chi connectivity index (χ4v) is 3.29. The van der Waals surface area contributed by atoms with E-state index in [4.69, 9.17) is 10.5 Å². The number of para-hydroxylation sites is 1. The Morgan fingerprint density at radius 2 is 1.85 bits per heavy atom. The fraction of sp³-hybridized carbons (Fsp3) is 0.333. The van der Waals surface area contributed by atoms with Crippen LogP contribution in [0.2, 0.25) is 0 Å². The van der Waals surface area contributed by atoms with Crippen molar-refractivity contribution in [3.05, 3.63) is 65.2 Å². The van der Waals surface area contributed by atoms with Crippen molar-refractivity contribution in [3.8, 4) is 5.75 Å². The molecule has 2 aromatic rings. The number of ether oxygens (including phenoxy) is 1. The van der Waals surface area contributed by atoms with Crippen LogP contribution in [0.5, 0.6) is 5.75 Å². The Hall–Kier alpha value is -2.86. The number of carbonyl (C=O) groups is 2. The van der Waals surface area contributed by atoms with Crippen LogP contribution in [0.15, 0.2) is 48.5 Å². The molecule has 1 heterocycles. The first kappa shape index (κ1) is 18.9. The third-order valence-corrected chi connectivity index (χ3v) is 4.84. The van der Waals surface area contributed by atoms with Crippen LogP contribution < -0.4 is 15.8 Å². The normalized spacial score (nSPS) is 14.9. The van der Waals surface area contributed by atoms with Crippen LogP contribution in [0.1, 0.15) is 28.4 Å². The minimum absolute atomic E-state index is 0.209. The molecule has 27 heavy (non-hydrogen) atoms. The van der Waals surface area contributed by atoms with Crippen LogP contribution in [0.25, 0.3) is 0 Å². The summed E-state index contributed by atoms with van der Waals surface area (Å²) in [5.41, 5.74) is 8.27. The molecule has 3 rings (SSSR count). The predicted molar refractivity (Wildman–Crippen MR) is 103 cm³/mol. The summed E-state index contributed by atoms with van der Waals surface area (Å²) in [6, 6.07) is 15.5. The zero-order valence-electron chi connectivity index (χ0n) is 15.5. The number of nitrogens with one attached hydrogen (secondary N) is 1. The average molecular weight is 367 g/mol. The van der Waals surface area contributed by atoms with Crippen molar-refractivity contribution >= 4 is 11.8 Å². The number of primary amides is 1. The van der Waals surface area contributed by atoms with E-state index in [1.807, 2.05) is 0 Å². The molecule has 2 aromatic carbocycles. The first-order chi connectivity index (χ1) is 13.0. The highest BCUT2D eigenvalue weighted by atomic mass is 16.5. The van der Waals surface area contributed by atoms with Crippen molar-refractivity contribution in [1.29, 1.82) is 0 Å². The number of benzene rings is 2. The van der Waals surface area contributed by atoms with Crippen molar-refractivity contribution in [2.24, 2.45) is 5.73 Å². The first-order valence-corrected chi connectivity index (χ1v) is 9.13. The summed E-state index contributed by atoms with van der Waals surface area (Å²) in [7, 11) is 0. The summed E-state index contributed by atoms with van der Waals surface area (Å²) in [5.74, 6) is -0.447. The molecule has 0 aromatic heterocycles. The Kier molecular flexibility index (Phi) is 6.08. The maximum absolute atomic E-state index is 12.6. The first-order valence-electron chi connectivity index (χ1n) is 9.13. The Morgan fingerprint density at radius 3 is 2.63 bits per heavy atom. The van der Waals surface area contributed by atoms with Gasteiger partial charge >= 0.3 is 0 Å². The molecule has 0 spiro atoms. The lowest BCUT2D eigenvalue weighted by molar-refractivity contribution is -0.119. The Labute approximate surface area is 159 Å². The molecule has 6 nitrogen and oxygen atoms in total. The molecule has 0 fully saturated rings. The molecule has 0 radical (unpaired) electrons. The van der Waals surface area contributed by atoms with E-state index in [1.54, 1.807) is 24.3 Å². The summed E-state index contributed by atoms with van der Waals surface area (Å²) >= 11 is 0. The topological polar surface area (TPSA) is 84.7 Å². The van der Waals surface area contributed by atoms with Gasteiger partial charge in [-0.15, -0.1) is 0 Å². The SMILES string of the molecule is CC(CNC(=O)c1ccccc1OCC(N)=O)N1CCc2ccccc2C1. The third-order valence-electron chi connectivity index (χ3n) is 4.84. The number of carbonyl (C=O) groups excluding carboxylic acids is 2. The number of hydrogen-bond donors (Lipinski definition) is 2. The lowest BCUT2D eigenvalue weighted by Gasteiger charge is -2.33. The average Bonchev–Trinajstić information content (AvgIpc) is 2.70. The van der Waals surface area contributed by atoms with Gasteiger partial charge in [-0.05, 0) is 36.6 Å². The number of nitrogens with two attached hydrogens (primary N) is 1. The summed E-state index contributed by atoms with van der Waals surface area (Å²) in [4.78, 5) is 25.9. The van der Waals surface area contributed by atoms with Gasteiger partial charge in [0.25, 0.3) is 11.8 Å². The van der Waals surface area contributed by atoms with Crippen molar-refractivity contribution in [3.63, 3.8) is 0 Å². The molecule has 1 atom stereocenters. The molecule has 1 aliphatic heterocycles. The van der Waals surface area contributed by atoms with Gasteiger partial charge in [-0.2, -0.15) is 0 Å². The minimum Gasteiger partial charge on any atom is -0.483 e. The number of rotatable bonds is 7. The number of amides is 2. The third kappa shape index (κ3) is 4.86. The van der Waals surface area contributed by atoms with Crippen LogP contribution in [-0.4, -0.2) is 42.5 Å². The molecule has 0 aliphatic carbocycles. The zero-order valence-corrected chi connectivity index (χ0v) is 15.5. The molecule has 1 unspecified atom stereocenters. The Balaban J connectivity index is 1.57. The van der Waals surface area contributed by atoms with Crippen molar-refractivity contribution in [2.75, 3.05) is 19.7 Å². The maximum Gasteiger partial charge on any atom is 0.255 e.